The fourth-order valence-electron chi connectivity index (χ4n) is 6.42. The molecule has 49 heavy (non-hydrogen) atoms. The first-order chi connectivity index (χ1) is 23.6. The van der Waals surface area contributed by atoms with E-state index in [9.17, 15) is 45.6 Å². The Morgan fingerprint density at radius 2 is 1.12 bits per heavy atom. The van der Waals surface area contributed by atoms with Gasteiger partial charge >= 0.3 is 0 Å². The predicted molar refractivity (Wildman–Crippen MR) is 189 cm³/mol. The third kappa shape index (κ3) is 18.9. The van der Waals surface area contributed by atoms with Crippen molar-refractivity contribution in [3.63, 3.8) is 0 Å². The number of hydrogen-bond donors (Lipinski definition) is 8. The average Bonchev–Trinajstić information content (AvgIpc) is 3.10. The van der Waals surface area contributed by atoms with E-state index < -0.39 is 68.3 Å². The molecule has 1 aliphatic rings. The van der Waals surface area contributed by atoms with Crippen molar-refractivity contribution in [1.29, 1.82) is 0 Å². The molecule has 1 fully saturated rings. The van der Waals surface area contributed by atoms with Gasteiger partial charge in [0.2, 0.25) is 5.91 Å². The summed E-state index contributed by atoms with van der Waals surface area (Å²) in [6, 6.07) is 0. The Labute approximate surface area is 295 Å². The number of aliphatic hydroxyl groups is 8. The largest absolute Gasteiger partial charge is 0.394 e. The lowest BCUT2D eigenvalue weighted by Gasteiger charge is -2.42. The highest BCUT2D eigenvalue weighted by Gasteiger charge is 2.47. The Kier molecular flexibility index (Phi) is 26.9. The summed E-state index contributed by atoms with van der Waals surface area (Å²) in [5, 5.41) is 82.3. The molecule has 12 heteroatoms. The summed E-state index contributed by atoms with van der Waals surface area (Å²) in [5.74, 6) is -0.130. The van der Waals surface area contributed by atoms with Crippen molar-refractivity contribution in [3.8, 4) is 0 Å². The first-order valence-corrected chi connectivity index (χ1v) is 19.5. The van der Waals surface area contributed by atoms with E-state index in [0.717, 1.165) is 57.8 Å². The lowest BCUT2D eigenvalue weighted by atomic mass is 9.98. The Morgan fingerprint density at radius 1 is 0.653 bits per heavy atom. The molecule has 1 amide bonds. The molecule has 1 aliphatic heterocycles. The molecule has 0 radical (unpaired) electrons. The van der Waals surface area contributed by atoms with Gasteiger partial charge in [-0.3, -0.25) is 4.79 Å². The molecule has 0 spiro atoms. The third-order valence-electron chi connectivity index (χ3n) is 9.72. The molecule has 12 nitrogen and oxygen atoms in total. The van der Waals surface area contributed by atoms with Crippen LogP contribution in [0.25, 0.3) is 0 Å². The fourth-order valence-corrected chi connectivity index (χ4v) is 6.42. The predicted octanol–water partition coefficient (Wildman–Crippen LogP) is 3.31. The van der Waals surface area contributed by atoms with E-state index in [1.54, 1.807) is 0 Å². The highest BCUT2D eigenvalue weighted by molar-refractivity contribution is 5.76. The minimum atomic E-state index is -1.82. The van der Waals surface area contributed by atoms with Crippen LogP contribution in [-0.4, -0.2) is 133 Å². The lowest BCUT2D eigenvalue weighted by Crippen LogP contribution is -2.61. The van der Waals surface area contributed by atoms with Gasteiger partial charge in [0.1, 0.15) is 48.8 Å². The normalized spacial score (nSPS) is 23.7. The molecule has 1 saturated heterocycles. The molecule has 292 valence electrons. The summed E-state index contributed by atoms with van der Waals surface area (Å²) < 4.78 is 10.9. The SMILES string of the molecule is CCCCCCCCCCCCCCCC(=O)N(CCCCCCCCC)C[C@H](O)[C@@H](O)[C@H](O[C@@H]1O[C@H](CO)[C@H](O)[C@H](O)[C@H]1O)[C@H](O)CO. The van der Waals surface area contributed by atoms with Gasteiger partial charge in [-0.25, -0.2) is 0 Å². The summed E-state index contributed by atoms with van der Waals surface area (Å²) >= 11 is 0. The minimum Gasteiger partial charge on any atom is -0.394 e. The number of rotatable bonds is 31. The molecule has 0 aromatic rings. The zero-order valence-electron chi connectivity index (χ0n) is 30.6. The van der Waals surface area contributed by atoms with Crippen LogP contribution >= 0.6 is 0 Å². The molecule has 0 bridgehead atoms. The Balaban J connectivity index is 2.70. The molecular formula is C37H73NO11. The van der Waals surface area contributed by atoms with Crippen LogP contribution in [0.2, 0.25) is 0 Å². The van der Waals surface area contributed by atoms with Crippen molar-refractivity contribution in [1.82, 2.24) is 4.90 Å². The third-order valence-corrected chi connectivity index (χ3v) is 9.72. The Hall–Kier alpha value is -0.930. The second kappa shape index (κ2) is 28.6. The minimum absolute atomic E-state index is 0.130. The summed E-state index contributed by atoms with van der Waals surface area (Å²) in [7, 11) is 0. The van der Waals surface area contributed by atoms with Gasteiger partial charge in [-0.15, -0.1) is 0 Å². The van der Waals surface area contributed by atoms with Gasteiger partial charge in [-0.05, 0) is 12.8 Å². The molecule has 1 rings (SSSR count). The maximum Gasteiger partial charge on any atom is 0.222 e. The van der Waals surface area contributed by atoms with E-state index in [2.05, 4.69) is 13.8 Å². The average molecular weight is 708 g/mol. The number of aliphatic hydroxyl groups excluding tert-OH is 8. The Bertz CT molecular complexity index is 791. The standard InChI is InChI=1S/C37H73NO11/c1-3-5-7-9-11-12-13-14-15-16-17-19-21-23-31(43)38(24-22-20-18-10-8-6-4-2)25-28(41)32(44)36(29(42)26-39)49-37-35(47)34(46)33(45)30(27-40)48-37/h28-30,32-37,39-42,44-47H,3-27H2,1-2H3/t28-,29+,30+,32+,33-,34-,35+,36+,37-/m0/s1. The van der Waals surface area contributed by atoms with Crippen molar-refractivity contribution >= 4 is 5.91 Å². The Morgan fingerprint density at radius 3 is 1.59 bits per heavy atom. The van der Waals surface area contributed by atoms with Gasteiger partial charge in [0.25, 0.3) is 0 Å². The van der Waals surface area contributed by atoms with Crippen LogP contribution in [0.3, 0.4) is 0 Å². The maximum atomic E-state index is 13.3. The van der Waals surface area contributed by atoms with Gasteiger partial charge in [0.15, 0.2) is 6.29 Å². The van der Waals surface area contributed by atoms with Gasteiger partial charge < -0.3 is 55.2 Å². The van der Waals surface area contributed by atoms with Crippen LogP contribution in [0.4, 0.5) is 0 Å². The second-order valence-electron chi connectivity index (χ2n) is 14.1. The number of ether oxygens (including phenoxy) is 2. The summed E-state index contributed by atoms with van der Waals surface area (Å²) in [4.78, 5) is 14.9. The summed E-state index contributed by atoms with van der Waals surface area (Å²) in [6.45, 7) is 2.99. The van der Waals surface area contributed by atoms with E-state index >= 15 is 0 Å². The van der Waals surface area contributed by atoms with Crippen molar-refractivity contribution in [2.75, 3.05) is 26.3 Å². The molecule has 1 heterocycles. The lowest BCUT2D eigenvalue weighted by molar-refractivity contribution is -0.327. The van der Waals surface area contributed by atoms with E-state index in [1.165, 1.54) is 75.5 Å². The molecule has 0 aromatic carbocycles. The molecule has 0 aliphatic carbocycles. The number of unbranched alkanes of at least 4 members (excludes halogenated alkanes) is 18. The number of carbonyl (C=O) groups excluding carboxylic acids is 1. The molecule has 0 unspecified atom stereocenters. The zero-order chi connectivity index (χ0) is 36.4. The molecular weight excluding hydrogens is 634 g/mol. The van der Waals surface area contributed by atoms with Crippen LogP contribution in [0, 0.1) is 0 Å². The van der Waals surface area contributed by atoms with Crippen molar-refractivity contribution in [3.05, 3.63) is 0 Å². The monoisotopic (exact) mass is 708 g/mol. The summed E-state index contributed by atoms with van der Waals surface area (Å²) in [6.07, 6.45) is 8.23. The smallest absolute Gasteiger partial charge is 0.222 e. The number of carbonyl (C=O) groups is 1. The van der Waals surface area contributed by atoms with E-state index in [0.29, 0.717) is 13.0 Å². The van der Waals surface area contributed by atoms with Crippen LogP contribution in [0.1, 0.15) is 149 Å². The van der Waals surface area contributed by atoms with E-state index in [4.69, 9.17) is 9.47 Å². The molecule has 8 N–H and O–H groups in total. The van der Waals surface area contributed by atoms with Crippen LogP contribution in [0.15, 0.2) is 0 Å². The number of nitrogens with zero attached hydrogens (tertiary/aromatic N) is 1. The summed E-state index contributed by atoms with van der Waals surface area (Å²) in [5.41, 5.74) is 0. The van der Waals surface area contributed by atoms with Crippen molar-refractivity contribution < 1.29 is 55.1 Å². The van der Waals surface area contributed by atoms with Gasteiger partial charge in [0, 0.05) is 19.5 Å². The first-order valence-electron chi connectivity index (χ1n) is 19.5. The highest BCUT2D eigenvalue weighted by atomic mass is 16.7. The van der Waals surface area contributed by atoms with Gasteiger partial charge in [-0.2, -0.15) is 0 Å². The molecule has 0 aromatic heterocycles. The molecule has 9 atom stereocenters. The van der Waals surface area contributed by atoms with Crippen molar-refractivity contribution in [2.45, 2.75) is 204 Å². The zero-order valence-corrected chi connectivity index (χ0v) is 30.6. The van der Waals surface area contributed by atoms with E-state index in [-0.39, 0.29) is 12.5 Å². The van der Waals surface area contributed by atoms with Crippen LogP contribution in [-0.2, 0) is 14.3 Å². The maximum absolute atomic E-state index is 13.3. The quantitative estimate of drug-likeness (QED) is 0.0492. The van der Waals surface area contributed by atoms with Crippen molar-refractivity contribution in [2.24, 2.45) is 0 Å². The highest BCUT2D eigenvalue weighted by Crippen LogP contribution is 2.25. The van der Waals surface area contributed by atoms with Gasteiger partial charge in [-0.1, -0.05) is 129 Å². The number of amides is 1. The fraction of sp³-hybridized carbons (Fsp3) is 0.973. The topological polar surface area (TPSA) is 201 Å². The van der Waals surface area contributed by atoms with Crippen LogP contribution in [0.5, 0.6) is 0 Å². The van der Waals surface area contributed by atoms with Crippen LogP contribution < -0.4 is 0 Å². The van der Waals surface area contributed by atoms with Gasteiger partial charge in [0.05, 0.1) is 13.2 Å². The second-order valence-corrected chi connectivity index (χ2v) is 14.1. The molecule has 0 saturated carbocycles. The van der Waals surface area contributed by atoms with E-state index in [1.807, 2.05) is 0 Å². The first kappa shape index (κ1) is 46.1. The number of hydrogen-bond acceptors (Lipinski definition) is 11.